The fraction of sp³-hybridized carbons (Fsp3) is 0.474. The Morgan fingerprint density at radius 2 is 1.92 bits per heavy atom. The number of carbonyl (C=O) groups excluding carboxylic acids is 1. The van der Waals surface area contributed by atoms with Gasteiger partial charge in [-0.3, -0.25) is 9.48 Å². The summed E-state index contributed by atoms with van der Waals surface area (Å²) in [6.45, 7) is 3.39. The predicted octanol–water partition coefficient (Wildman–Crippen LogP) is 2.40. The van der Waals surface area contributed by atoms with Crippen molar-refractivity contribution in [3.05, 3.63) is 54.4 Å². The van der Waals surface area contributed by atoms with Crippen LogP contribution in [0.15, 0.2) is 48.8 Å². The van der Waals surface area contributed by atoms with E-state index in [0.717, 1.165) is 45.4 Å². The molecule has 1 unspecified atom stereocenters. The number of benzene rings is 1. The maximum absolute atomic E-state index is 13.4. The summed E-state index contributed by atoms with van der Waals surface area (Å²) in [7, 11) is 0. The standard InChI is InChI=1S/C19H24N4O.ClH/c24-18(19(8-11-20-12-9-19)23-13-4-10-21-23)22-14-7-17(15-22)16-5-2-1-3-6-16;/h1-6,10,13,17,20H,7-9,11-12,14-15H2;1H. The maximum atomic E-state index is 13.4. The van der Waals surface area contributed by atoms with Crippen LogP contribution in [0.3, 0.4) is 0 Å². The highest BCUT2D eigenvalue weighted by atomic mass is 35.5. The number of aromatic nitrogens is 2. The van der Waals surface area contributed by atoms with Gasteiger partial charge in [0.2, 0.25) is 0 Å². The van der Waals surface area contributed by atoms with Gasteiger partial charge in [-0.25, -0.2) is 0 Å². The fourth-order valence-electron chi connectivity index (χ4n) is 4.14. The molecule has 1 aromatic carbocycles. The van der Waals surface area contributed by atoms with E-state index in [9.17, 15) is 4.79 Å². The molecule has 0 spiro atoms. The number of hydrogen-bond donors (Lipinski definition) is 1. The molecule has 1 amide bonds. The van der Waals surface area contributed by atoms with Crippen molar-refractivity contribution in [2.45, 2.75) is 30.7 Å². The van der Waals surface area contributed by atoms with Crippen LogP contribution in [0.25, 0.3) is 0 Å². The van der Waals surface area contributed by atoms with Crippen LogP contribution in [0.1, 0.15) is 30.7 Å². The smallest absolute Gasteiger partial charge is 0.250 e. The highest BCUT2D eigenvalue weighted by molar-refractivity contribution is 5.85. The molecule has 6 heteroatoms. The van der Waals surface area contributed by atoms with Crippen LogP contribution < -0.4 is 5.32 Å². The van der Waals surface area contributed by atoms with E-state index in [1.165, 1.54) is 5.56 Å². The first-order valence-corrected chi connectivity index (χ1v) is 8.85. The molecular formula is C19H25ClN4O. The fourth-order valence-corrected chi connectivity index (χ4v) is 4.14. The molecule has 2 aromatic rings. The molecule has 0 radical (unpaired) electrons. The molecule has 0 saturated carbocycles. The largest absolute Gasteiger partial charge is 0.340 e. The van der Waals surface area contributed by atoms with Crippen LogP contribution >= 0.6 is 12.4 Å². The molecule has 134 valence electrons. The van der Waals surface area contributed by atoms with Crippen molar-refractivity contribution in [1.82, 2.24) is 20.0 Å². The van der Waals surface area contributed by atoms with Crippen molar-refractivity contribution < 1.29 is 4.79 Å². The number of nitrogens with zero attached hydrogens (tertiary/aromatic N) is 3. The van der Waals surface area contributed by atoms with E-state index in [1.807, 2.05) is 23.0 Å². The highest BCUT2D eigenvalue weighted by Gasteiger charge is 2.45. The number of piperidine rings is 1. The van der Waals surface area contributed by atoms with Gasteiger partial charge in [-0.2, -0.15) is 5.10 Å². The second kappa shape index (κ2) is 7.58. The van der Waals surface area contributed by atoms with E-state index in [2.05, 4.69) is 39.6 Å². The van der Waals surface area contributed by atoms with Gasteiger partial charge in [-0.1, -0.05) is 30.3 Å². The van der Waals surface area contributed by atoms with Gasteiger partial charge in [0.15, 0.2) is 0 Å². The molecule has 2 saturated heterocycles. The molecule has 1 N–H and O–H groups in total. The van der Waals surface area contributed by atoms with Gasteiger partial charge in [0.1, 0.15) is 5.54 Å². The Morgan fingerprint density at radius 1 is 1.16 bits per heavy atom. The SMILES string of the molecule is Cl.O=C(N1CCC(c2ccccc2)C1)C1(n2cccn2)CCNCC1. The van der Waals surface area contributed by atoms with E-state index >= 15 is 0 Å². The first kappa shape index (κ1) is 18.0. The van der Waals surface area contributed by atoms with E-state index in [1.54, 1.807) is 6.20 Å². The Labute approximate surface area is 154 Å². The minimum Gasteiger partial charge on any atom is -0.340 e. The predicted molar refractivity (Wildman–Crippen MR) is 99.9 cm³/mol. The summed E-state index contributed by atoms with van der Waals surface area (Å²) in [5.74, 6) is 0.692. The van der Waals surface area contributed by atoms with Crippen LogP contribution in [0.2, 0.25) is 0 Å². The zero-order valence-electron chi connectivity index (χ0n) is 14.3. The zero-order chi connectivity index (χ0) is 16.4. The number of halogens is 1. The molecule has 2 fully saturated rings. The Hall–Kier alpha value is -1.85. The van der Waals surface area contributed by atoms with Crippen molar-refractivity contribution >= 4 is 18.3 Å². The second-order valence-corrected chi connectivity index (χ2v) is 6.88. The lowest BCUT2D eigenvalue weighted by Gasteiger charge is -2.39. The third-order valence-electron chi connectivity index (χ3n) is 5.52. The van der Waals surface area contributed by atoms with E-state index in [4.69, 9.17) is 0 Å². The molecule has 2 aliphatic heterocycles. The number of amides is 1. The quantitative estimate of drug-likeness (QED) is 0.914. The zero-order valence-corrected chi connectivity index (χ0v) is 15.1. The second-order valence-electron chi connectivity index (χ2n) is 6.88. The monoisotopic (exact) mass is 360 g/mol. The molecular weight excluding hydrogens is 336 g/mol. The summed E-state index contributed by atoms with van der Waals surface area (Å²) in [6.07, 6.45) is 6.37. The highest BCUT2D eigenvalue weighted by Crippen LogP contribution is 2.34. The summed E-state index contributed by atoms with van der Waals surface area (Å²) >= 11 is 0. The average Bonchev–Trinajstić information content (AvgIpc) is 3.34. The van der Waals surface area contributed by atoms with Gasteiger partial charge in [-0.15, -0.1) is 12.4 Å². The normalized spacial score (nSPS) is 22.4. The van der Waals surface area contributed by atoms with Gasteiger partial charge in [-0.05, 0) is 44.0 Å². The minimum absolute atomic E-state index is 0. The van der Waals surface area contributed by atoms with Gasteiger partial charge in [0.05, 0.1) is 0 Å². The third-order valence-corrected chi connectivity index (χ3v) is 5.52. The summed E-state index contributed by atoms with van der Waals surface area (Å²) in [5, 5.41) is 7.79. The van der Waals surface area contributed by atoms with E-state index in [0.29, 0.717) is 5.92 Å². The van der Waals surface area contributed by atoms with Gasteiger partial charge >= 0.3 is 0 Å². The summed E-state index contributed by atoms with van der Waals surface area (Å²) in [6, 6.07) is 12.5. The van der Waals surface area contributed by atoms with Crippen LogP contribution in [0, 0.1) is 0 Å². The first-order chi connectivity index (χ1) is 11.8. The Balaban J connectivity index is 0.00000182. The van der Waals surface area contributed by atoms with Crippen molar-refractivity contribution in [2.75, 3.05) is 26.2 Å². The van der Waals surface area contributed by atoms with Crippen LogP contribution in [0.5, 0.6) is 0 Å². The Kier molecular flexibility index (Phi) is 5.45. The lowest BCUT2D eigenvalue weighted by molar-refractivity contribution is -0.142. The van der Waals surface area contributed by atoms with Crippen molar-refractivity contribution in [3.8, 4) is 0 Å². The van der Waals surface area contributed by atoms with Crippen molar-refractivity contribution in [2.24, 2.45) is 0 Å². The molecule has 3 heterocycles. The Morgan fingerprint density at radius 3 is 2.60 bits per heavy atom. The molecule has 0 aliphatic carbocycles. The molecule has 5 nitrogen and oxygen atoms in total. The van der Waals surface area contributed by atoms with Crippen LogP contribution in [-0.4, -0.2) is 46.8 Å². The lowest BCUT2D eigenvalue weighted by atomic mass is 9.87. The lowest BCUT2D eigenvalue weighted by Crippen LogP contribution is -2.55. The van der Waals surface area contributed by atoms with Crippen molar-refractivity contribution in [1.29, 1.82) is 0 Å². The number of hydrogen-bond acceptors (Lipinski definition) is 3. The molecule has 1 atom stereocenters. The average molecular weight is 361 g/mol. The minimum atomic E-state index is -0.514. The summed E-state index contributed by atoms with van der Waals surface area (Å²) < 4.78 is 1.89. The van der Waals surface area contributed by atoms with Crippen LogP contribution in [0.4, 0.5) is 0 Å². The third kappa shape index (κ3) is 3.31. The van der Waals surface area contributed by atoms with Crippen molar-refractivity contribution in [3.63, 3.8) is 0 Å². The molecule has 0 bridgehead atoms. The summed E-state index contributed by atoms with van der Waals surface area (Å²) in [5.41, 5.74) is 0.826. The Bertz CT molecular complexity index is 683. The molecule has 1 aromatic heterocycles. The number of carbonyl (C=O) groups is 1. The van der Waals surface area contributed by atoms with E-state index in [-0.39, 0.29) is 18.3 Å². The first-order valence-electron chi connectivity index (χ1n) is 8.85. The molecule has 4 rings (SSSR count). The summed E-state index contributed by atoms with van der Waals surface area (Å²) in [4.78, 5) is 15.5. The van der Waals surface area contributed by atoms with Gasteiger partial charge in [0.25, 0.3) is 5.91 Å². The van der Waals surface area contributed by atoms with Gasteiger partial charge in [0, 0.05) is 31.4 Å². The van der Waals surface area contributed by atoms with Gasteiger partial charge < -0.3 is 10.2 Å². The number of likely N-dealkylation sites (tertiary alicyclic amines) is 1. The maximum Gasteiger partial charge on any atom is 0.250 e. The molecule has 25 heavy (non-hydrogen) atoms. The van der Waals surface area contributed by atoms with Crippen LogP contribution in [-0.2, 0) is 10.3 Å². The number of nitrogens with one attached hydrogen (secondary N) is 1. The topological polar surface area (TPSA) is 50.2 Å². The molecule has 2 aliphatic rings. The number of rotatable bonds is 3. The van der Waals surface area contributed by atoms with E-state index < -0.39 is 5.54 Å².